The average Bonchev–Trinajstić information content (AvgIpc) is 3.22. The number of nitrogens with one attached hydrogen (secondary N) is 1. The summed E-state index contributed by atoms with van der Waals surface area (Å²) in [6, 6.07) is 9.84. The Morgan fingerprint density at radius 2 is 2.05 bits per heavy atom. The SMILES string of the molecule is S=c1cc(C2CC2)[nH]c(CSc2ccc(Cl)cc2)n1. The minimum atomic E-state index is 0.670. The molecule has 0 spiro atoms. The van der Waals surface area contributed by atoms with Crippen LogP contribution in [0.5, 0.6) is 0 Å². The number of thioether (sulfide) groups is 1. The Morgan fingerprint density at radius 1 is 1.32 bits per heavy atom. The van der Waals surface area contributed by atoms with E-state index in [4.69, 9.17) is 23.8 Å². The first-order valence-corrected chi connectivity index (χ1v) is 7.96. The standard InChI is InChI=1S/C14H13ClN2S2/c15-10-3-5-11(6-4-10)19-8-13-16-12(9-1-2-9)7-14(18)17-13/h3-7,9H,1-2,8H2,(H,16,17,18). The highest BCUT2D eigenvalue weighted by molar-refractivity contribution is 7.98. The Hall–Kier alpha value is -0.840. The molecule has 1 aromatic heterocycles. The molecule has 0 unspecified atom stereocenters. The van der Waals surface area contributed by atoms with Crippen molar-refractivity contribution in [3.05, 3.63) is 51.5 Å². The van der Waals surface area contributed by atoms with Crippen LogP contribution in [0.2, 0.25) is 5.02 Å². The Morgan fingerprint density at radius 3 is 2.74 bits per heavy atom. The lowest BCUT2D eigenvalue weighted by atomic mass is 10.3. The van der Waals surface area contributed by atoms with Gasteiger partial charge in [-0.05, 0) is 49.1 Å². The van der Waals surface area contributed by atoms with Crippen LogP contribution >= 0.6 is 35.6 Å². The number of aromatic amines is 1. The Labute approximate surface area is 126 Å². The maximum absolute atomic E-state index is 5.87. The molecule has 1 heterocycles. The van der Waals surface area contributed by atoms with Gasteiger partial charge in [-0.1, -0.05) is 23.8 Å². The van der Waals surface area contributed by atoms with Crippen molar-refractivity contribution in [3.63, 3.8) is 0 Å². The highest BCUT2D eigenvalue weighted by atomic mass is 35.5. The second-order valence-electron chi connectivity index (χ2n) is 4.64. The van der Waals surface area contributed by atoms with E-state index in [0.717, 1.165) is 16.6 Å². The van der Waals surface area contributed by atoms with Crippen molar-refractivity contribution in [2.75, 3.05) is 0 Å². The number of hydrogen-bond acceptors (Lipinski definition) is 3. The normalized spacial score (nSPS) is 14.6. The molecule has 1 aliphatic carbocycles. The van der Waals surface area contributed by atoms with Crippen LogP contribution in [-0.4, -0.2) is 9.97 Å². The van der Waals surface area contributed by atoms with Crippen molar-refractivity contribution in [3.8, 4) is 0 Å². The number of nitrogens with zero attached hydrogens (tertiary/aromatic N) is 1. The Balaban J connectivity index is 1.72. The fraction of sp³-hybridized carbons (Fsp3) is 0.286. The largest absolute Gasteiger partial charge is 0.346 e. The van der Waals surface area contributed by atoms with Gasteiger partial charge in [-0.25, -0.2) is 4.98 Å². The predicted octanol–water partition coefficient (Wildman–Crippen LogP) is 4.96. The molecule has 0 amide bonds. The molecule has 19 heavy (non-hydrogen) atoms. The topological polar surface area (TPSA) is 28.7 Å². The second-order valence-corrected chi connectivity index (χ2v) is 6.54. The molecule has 98 valence electrons. The maximum atomic E-state index is 5.87. The minimum absolute atomic E-state index is 0.670. The van der Waals surface area contributed by atoms with E-state index in [1.54, 1.807) is 11.8 Å². The van der Waals surface area contributed by atoms with Gasteiger partial charge in [0.15, 0.2) is 0 Å². The number of hydrogen-bond donors (Lipinski definition) is 1. The summed E-state index contributed by atoms with van der Waals surface area (Å²) in [6.45, 7) is 0. The molecule has 1 aromatic carbocycles. The summed E-state index contributed by atoms with van der Waals surface area (Å²) in [4.78, 5) is 8.98. The Kier molecular flexibility index (Phi) is 3.91. The Bertz CT molecular complexity index is 633. The number of aromatic nitrogens is 2. The lowest BCUT2D eigenvalue weighted by molar-refractivity contribution is 0.925. The van der Waals surface area contributed by atoms with E-state index in [9.17, 15) is 0 Å². The summed E-state index contributed by atoms with van der Waals surface area (Å²) >= 11 is 12.8. The summed E-state index contributed by atoms with van der Waals surface area (Å²) in [5.41, 5.74) is 1.24. The molecule has 2 aromatic rings. The summed E-state index contributed by atoms with van der Waals surface area (Å²) < 4.78 is 0.687. The molecule has 0 aliphatic heterocycles. The first-order chi connectivity index (χ1) is 9.20. The van der Waals surface area contributed by atoms with Gasteiger partial charge in [-0.2, -0.15) is 0 Å². The van der Waals surface area contributed by atoms with E-state index in [1.807, 2.05) is 30.3 Å². The first-order valence-electron chi connectivity index (χ1n) is 6.19. The van der Waals surface area contributed by atoms with Crippen molar-refractivity contribution in [2.45, 2.75) is 29.4 Å². The van der Waals surface area contributed by atoms with Crippen LogP contribution in [0.4, 0.5) is 0 Å². The van der Waals surface area contributed by atoms with Crippen LogP contribution in [0, 0.1) is 4.64 Å². The third-order valence-electron chi connectivity index (χ3n) is 3.02. The molecule has 1 fully saturated rings. The maximum Gasteiger partial charge on any atom is 0.130 e. The van der Waals surface area contributed by atoms with Crippen LogP contribution in [0.1, 0.15) is 30.3 Å². The smallest absolute Gasteiger partial charge is 0.130 e. The molecular formula is C14H13ClN2S2. The molecule has 0 bridgehead atoms. The minimum Gasteiger partial charge on any atom is -0.346 e. The number of benzene rings is 1. The van der Waals surface area contributed by atoms with Crippen LogP contribution in [-0.2, 0) is 5.75 Å². The molecule has 2 nitrogen and oxygen atoms in total. The molecule has 3 rings (SSSR count). The fourth-order valence-electron chi connectivity index (χ4n) is 1.89. The van der Waals surface area contributed by atoms with E-state index in [2.05, 4.69) is 9.97 Å². The number of H-pyrrole nitrogens is 1. The van der Waals surface area contributed by atoms with Crippen molar-refractivity contribution in [1.29, 1.82) is 0 Å². The van der Waals surface area contributed by atoms with Crippen molar-refractivity contribution < 1.29 is 0 Å². The summed E-state index contributed by atoms with van der Waals surface area (Å²) in [7, 11) is 0. The van der Waals surface area contributed by atoms with E-state index in [-0.39, 0.29) is 0 Å². The van der Waals surface area contributed by atoms with Crippen molar-refractivity contribution >= 4 is 35.6 Å². The van der Waals surface area contributed by atoms with Gasteiger partial charge in [0.1, 0.15) is 10.5 Å². The van der Waals surface area contributed by atoms with E-state index in [1.165, 1.54) is 23.4 Å². The van der Waals surface area contributed by atoms with Gasteiger partial charge in [-0.3, -0.25) is 0 Å². The molecule has 1 N–H and O–H groups in total. The van der Waals surface area contributed by atoms with Gasteiger partial charge in [0, 0.05) is 15.6 Å². The monoisotopic (exact) mass is 308 g/mol. The van der Waals surface area contributed by atoms with Crippen LogP contribution in [0.25, 0.3) is 0 Å². The van der Waals surface area contributed by atoms with Gasteiger partial charge in [-0.15, -0.1) is 11.8 Å². The van der Waals surface area contributed by atoms with Gasteiger partial charge in [0.05, 0.1) is 5.75 Å². The van der Waals surface area contributed by atoms with Gasteiger partial charge in [0.25, 0.3) is 0 Å². The zero-order chi connectivity index (χ0) is 13.2. The fourth-order valence-corrected chi connectivity index (χ4v) is 3.03. The van der Waals surface area contributed by atoms with E-state index >= 15 is 0 Å². The first kappa shape index (κ1) is 13.2. The summed E-state index contributed by atoms with van der Waals surface area (Å²) in [6.07, 6.45) is 2.53. The van der Waals surface area contributed by atoms with Crippen LogP contribution < -0.4 is 0 Å². The third-order valence-corrected chi connectivity index (χ3v) is 4.50. The predicted molar refractivity (Wildman–Crippen MR) is 82.4 cm³/mol. The molecular weight excluding hydrogens is 296 g/mol. The highest BCUT2D eigenvalue weighted by Gasteiger charge is 2.24. The molecule has 1 saturated carbocycles. The summed E-state index contributed by atoms with van der Waals surface area (Å²) in [5.74, 6) is 2.42. The van der Waals surface area contributed by atoms with Gasteiger partial charge in [0.2, 0.25) is 0 Å². The number of halogens is 1. The molecule has 0 saturated heterocycles. The van der Waals surface area contributed by atoms with Crippen molar-refractivity contribution in [1.82, 2.24) is 9.97 Å². The van der Waals surface area contributed by atoms with Gasteiger partial charge >= 0.3 is 0 Å². The molecule has 5 heteroatoms. The molecule has 0 atom stereocenters. The summed E-state index contributed by atoms with van der Waals surface area (Å²) in [5, 5.41) is 0.762. The quantitative estimate of drug-likeness (QED) is 0.639. The molecule has 1 aliphatic rings. The lowest BCUT2D eigenvalue weighted by Gasteiger charge is -2.05. The lowest BCUT2D eigenvalue weighted by Crippen LogP contribution is -1.97. The average molecular weight is 309 g/mol. The molecule has 0 radical (unpaired) electrons. The van der Waals surface area contributed by atoms with Crippen LogP contribution in [0.3, 0.4) is 0 Å². The van der Waals surface area contributed by atoms with E-state index < -0.39 is 0 Å². The second kappa shape index (κ2) is 5.65. The zero-order valence-corrected chi connectivity index (χ0v) is 12.6. The van der Waals surface area contributed by atoms with Crippen LogP contribution in [0.15, 0.2) is 35.2 Å². The zero-order valence-electron chi connectivity index (χ0n) is 10.2. The van der Waals surface area contributed by atoms with E-state index in [0.29, 0.717) is 10.6 Å². The third kappa shape index (κ3) is 3.59. The highest BCUT2D eigenvalue weighted by Crippen LogP contribution is 2.39. The van der Waals surface area contributed by atoms with Gasteiger partial charge < -0.3 is 4.98 Å². The van der Waals surface area contributed by atoms with Crippen molar-refractivity contribution in [2.24, 2.45) is 0 Å². The number of rotatable bonds is 4.